The Labute approximate surface area is 112 Å². The second kappa shape index (κ2) is 5.78. The molecule has 1 N–H and O–H groups in total. The summed E-state index contributed by atoms with van der Waals surface area (Å²) in [6, 6.07) is 8.36. The normalized spacial score (nSPS) is 10.8. The van der Waals surface area contributed by atoms with Crippen molar-refractivity contribution in [2.75, 3.05) is 5.32 Å². The zero-order valence-electron chi connectivity index (χ0n) is 11.4. The fourth-order valence-electron chi connectivity index (χ4n) is 1.74. The SMILES string of the molecule is Cc1cc(NCc2ccc(F)cc2)nc(C(C)C)n1. The van der Waals surface area contributed by atoms with Crippen LogP contribution in [0.15, 0.2) is 30.3 Å². The van der Waals surface area contributed by atoms with E-state index in [0.717, 1.165) is 22.9 Å². The van der Waals surface area contributed by atoms with Gasteiger partial charge in [0.25, 0.3) is 0 Å². The third-order valence-corrected chi connectivity index (χ3v) is 2.77. The van der Waals surface area contributed by atoms with Crippen molar-refractivity contribution in [3.05, 3.63) is 53.2 Å². The first kappa shape index (κ1) is 13.5. The van der Waals surface area contributed by atoms with Crippen molar-refractivity contribution in [2.45, 2.75) is 33.2 Å². The minimum Gasteiger partial charge on any atom is -0.366 e. The molecule has 2 aromatic rings. The maximum absolute atomic E-state index is 12.8. The number of hydrogen-bond acceptors (Lipinski definition) is 3. The average Bonchev–Trinajstić information content (AvgIpc) is 2.37. The number of benzene rings is 1. The Morgan fingerprint density at radius 2 is 1.84 bits per heavy atom. The van der Waals surface area contributed by atoms with Crippen LogP contribution in [0.1, 0.15) is 36.8 Å². The molecule has 4 heteroatoms. The van der Waals surface area contributed by atoms with E-state index in [2.05, 4.69) is 29.1 Å². The van der Waals surface area contributed by atoms with Gasteiger partial charge in [0.1, 0.15) is 17.5 Å². The molecule has 1 aromatic heterocycles. The highest BCUT2D eigenvalue weighted by molar-refractivity contribution is 5.37. The van der Waals surface area contributed by atoms with Crippen molar-refractivity contribution in [3.8, 4) is 0 Å². The largest absolute Gasteiger partial charge is 0.366 e. The predicted molar refractivity (Wildman–Crippen MR) is 74.6 cm³/mol. The molecule has 0 amide bonds. The fourth-order valence-corrected chi connectivity index (χ4v) is 1.74. The summed E-state index contributed by atoms with van der Waals surface area (Å²) in [6.45, 7) is 6.71. The van der Waals surface area contributed by atoms with Crippen LogP contribution in [-0.4, -0.2) is 9.97 Å². The van der Waals surface area contributed by atoms with Gasteiger partial charge in [-0.1, -0.05) is 26.0 Å². The maximum Gasteiger partial charge on any atom is 0.133 e. The monoisotopic (exact) mass is 259 g/mol. The molecule has 0 atom stereocenters. The van der Waals surface area contributed by atoms with Gasteiger partial charge in [-0.3, -0.25) is 0 Å². The van der Waals surface area contributed by atoms with Gasteiger partial charge in [0.2, 0.25) is 0 Å². The van der Waals surface area contributed by atoms with Crippen molar-refractivity contribution >= 4 is 5.82 Å². The number of halogens is 1. The molecule has 100 valence electrons. The zero-order chi connectivity index (χ0) is 13.8. The second-order valence-corrected chi connectivity index (χ2v) is 4.89. The molecule has 0 unspecified atom stereocenters. The van der Waals surface area contributed by atoms with E-state index in [1.54, 1.807) is 12.1 Å². The molecule has 0 spiro atoms. The van der Waals surface area contributed by atoms with Crippen LogP contribution in [-0.2, 0) is 6.54 Å². The highest BCUT2D eigenvalue weighted by Crippen LogP contribution is 2.14. The van der Waals surface area contributed by atoms with Crippen molar-refractivity contribution in [1.82, 2.24) is 9.97 Å². The molecule has 0 aliphatic rings. The molecule has 0 radical (unpaired) electrons. The lowest BCUT2D eigenvalue weighted by Gasteiger charge is -2.10. The van der Waals surface area contributed by atoms with Gasteiger partial charge >= 0.3 is 0 Å². The van der Waals surface area contributed by atoms with Gasteiger partial charge in [0.15, 0.2) is 0 Å². The maximum atomic E-state index is 12.8. The summed E-state index contributed by atoms with van der Waals surface area (Å²) in [5.74, 6) is 1.72. The Morgan fingerprint density at radius 1 is 1.16 bits per heavy atom. The van der Waals surface area contributed by atoms with Gasteiger partial charge in [-0.05, 0) is 24.6 Å². The van der Waals surface area contributed by atoms with Crippen LogP contribution in [0, 0.1) is 12.7 Å². The van der Waals surface area contributed by atoms with Crippen LogP contribution in [0.2, 0.25) is 0 Å². The minimum absolute atomic E-state index is 0.219. The van der Waals surface area contributed by atoms with Crippen LogP contribution >= 0.6 is 0 Å². The smallest absolute Gasteiger partial charge is 0.133 e. The van der Waals surface area contributed by atoms with Crippen LogP contribution in [0.5, 0.6) is 0 Å². The van der Waals surface area contributed by atoms with Gasteiger partial charge in [0, 0.05) is 24.2 Å². The van der Waals surface area contributed by atoms with Gasteiger partial charge < -0.3 is 5.32 Å². The highest BCUT2D eigenvalue weighted by Gasteiger charge is 2.06. The van der Waals surface area contributed by atoms with E-state index < -0.39 is 0 Å². The Balaban J connectivity index is 2.08. The molecule has 1 heterocycles. The summed E-state index contributed by atoms with van der Waals surface area (Å²) >= 11 is 0. The number of rotatable bonds is 4. The van der Waals surface area contributed by atoms with Crippen LogP contribution < -0.4 is 5.32 Å². The molecule has 19 heavy (non-hydrogen) atoms. The van der Waals surface area contributed by atoms with E-state index in [0.29, 0.717) is 12.5 Å². The molecule has 0 aliphatic heterocycles. The predicted octanol–water partition coefficient (Wildman–Crippen LogP) is 3.66. The summed E-state index contributed by atoms with van der Waals surface area (Å²) in [6.07, 6.45) is 0. The van der Waals surface area contributed by atoms with E-state index in [9.17, 15) is 4.39 Å². The van der Waals surface area contributed by atoms with E-state index in [1.165, 1.54) is 12.1 Å². The van der Waals surface area contributed by atoms with E-state index in [-0.39, 0.29) is 5.82 Å². The molecule has 0 saturated carbocycles. The average molecular weight is 259 g/mol. The van der Waals surface area contributed by atoms with E-state index in [4.69, 9.17) is 0 Å². The van der Waals surface area contributed by atoms with E-state index >= 15 is 0 Å². The third kappa shape index (κ3) is 3.74. The molecule has 1 aromatic carbocycles. The lowest BCUT2D eigenvalue weighted by molar-refractivity contribution is 0.627. The summed E-state index contributed by atoms with van der Waals surface area (Å²) in [4.78, 5) is 8.87. The number of nitrogens with zero attached hydrogens (tertiary/aromatic N) is 2. The second-order valence-electron chi connectivity index (χ2n) is 4.89. The summed E-state index contributed by atoms with van der Waals surface area (Å²) < 4.78 is 12.8. The summed E-state index contributed by atoms with van der Waals surface area (Å²) in [5, 5.41) is 3.24. The number of aryl methyl sites for hydroxylation is 1. The van der Waals surface area contributed by atoms with Crippen molar-refractivity contribution < 1.29 is 4.39 Å². The Bertz CT molecular complexity index is 550. The number of nitrogens with one attached hydrogen (secondary N) is 1. The van der Waals surface area contributed by atoms with E-state index in [1.807, 2.05) is 13.0 Å². The molecule has 0 saturated heterocycles. The quantitative estimate of drug-likeness (QED) is 0.910. The molecule has 3 nitrogen and oxygen atoms in total. The van der Waals surface area contributed by atoms with Crippen LogP contribution in [0.25, 0.3) is 0 Å². The van der Waals surface area contributed by atoms with Crippen LogP contribution in [0.3, 0.4) is 0 Å². The first-order chi connectivity index (χ1) is 9.04. The Kier molecular flexibility index (Phi) is 4.10. The first-order valence-electron chi connectivity index (χ1n) is 6.38. The van der Waals surface area contributed by atoms with Gasteiger partial charge in [-0.25, -0.2) is 14.4 Å². The van der Waals surface area contributed by atoms with Crippen molar-refractivity contribution in [1.29, 1.82) is 0 Å². The van der Waals surface area contributed by atoms with Crippen LogP contribution in [0.4, 0.5) is 10.2 Å². The highest BCUT2D eigenvalue weighted by atomic mass is 19.1. The van der Waals surface area contributed by atoms with Crippen molar-refractivity contribution in [2.24, 2.45) is 0 Å². The number of aromatic nitrogens is 2. The minimum atomic E-state index is -0.219. The molecule has 0 aliphatic carbocycles. The third-order valence-electron chi connectivity index (χ3n) is 2.77. The lowest BCUT2D eigenvalue weighted by atomic mass is 10.2. The molecular weight excluding hydrogens is 241 g/mol. The molecule has 0 bridgehead atoms. The van der Waals surface area contributed by atoms with Gasteiger partial charge in [-0.15, -0.1) is 0 Å². The lowest BCUT2D eigenvalue weighted by Crippen LogP contribution is -2.06. The topological polar surface area (TPSA) is 37.8 Å². The summed E-state index contributed by atoms with van der Waals surface area (Å²) in [5.41, 5.74) is 1.96. The Hall–Kier alpha value is -1.97. The number of anilines is 1. The molecular formula is C15H18FN3. The number of hydrogen-bond donors (Lipinski definition) is 1. The zero-order valence-corrected chi connectivity index (χ0v) is 11.4. The molecule has 0 fully saturated rings. The summed E-state index contributed by atoms with van der Waals surface area (Å²) in [7, 11) is 0. The first-order valence-corrected chi connectivity index (χ1v) is 6.38. The molecule has 2 rings (SSSR count). The fraction of sp³-hybridized carbons (Fsp3) is 0.333. The van der Waals surface area contributed by atoms with Crippen molar-refractivity contribution in [3.63, 3.8) is 0 Å². The van der Waals surface area contributed by atoms with Gasteiger partial charge in [-0.2, -0.15) is 0 Å². The standard InChI is InChI=1S/C15H18FN3/c1-10(2)15-18-11(3)8-14(19-15)17-9-12-4-6-13(16)7-5-12/h4-8,10H,9H2,1-3H3,(H,17,18,19). The Morgan fingerprint density at radius 3 is 2.47 bits per heavy atom. The van der Waals surface area contributed by atoms with Gasteiger partial charge in [0.05, 0.1) is 0 Å².